The fraction of sp³-hybridized carbons (Fsp3) is 0.500. The van der Waals surface area contributed by atoms with Gasteiger partial charge in [-0.05, 0) is 13.8 Å². The van der Waals surface area contributed by atoms with Crippen LogP contribution in [0, 0.1) is 6.92 Å². The van der Waals surface area contributed by atoms with Crippen LogP contribution < -0.4 is 11.2 Å². The van der Waals surface area contributed by atoms with Gasteiger partial charge in [0.1, 0.15) is 5.01 Å². The lowest BCUT2D eigenvalue weighted by Crippen LogP contribution is -2.40. The third kappa shape index (κ3) is 3.05. The van der Waals surface area contributed by atoms with E-state index in [0.29, 0.717) is 28.8 Å². The summed E-state index contributed by atoms with van der Waals surface area (Å²) in [5.41, 5.74) is -3.34. The van der Waals surface area contributed by atoms with Crippen molar-refractivity contribution in [3.63, 3.8) is 0 Å². The Hall–Kier alpha value is -2.47. The Bertz CT molecular complexity index is 1170. The molecule has 12 heteroatoms. The lowest BCUT2D eigenvalue weighted by Gasteiger charge is -2.23. The minimum atomic E-state index is -4.87. The van der Waals surface area contributed by atoms with Gasteiger partial charge in [-0.25, -0.2) is 14.8 Å². The van der Waals surface area contributed by atoms with Gasteiger partial charge in [-0.2, -0.15) is 13.2 Å². The van der Waals surface area contributed by atoms with E-state index in [0.717, 1.165) is 4.57 Å². The Morgan fingerprint density at radius 2 is 1.89 bits per heavy atom. The zero-order chi connectivity index (χ0) is 21.0. The highest BCUT2D eigenvalue weighted by molar-refractivity contribution is 7.11. The van der Waals surface area contributed by atoms with Crippen LogP contribution >= 0.6 is 11.3 Å². The molecule has 3 aromatic heterocycles. The van der Waals surface area contributed by atoms with Gasteiger partial charge in [0.25, 0.3) is 5.56 Å². The number of hydrogen-bond donors (Lipinski definition) is 1. The molecular weight excluding hydrogens is 399 g/mol. The van der Waals surface area contributed by atoms with Crippen LogP contribution in [0.15, 0.2) is 15.9 Å². The predicted octanol–water partition coefficient (Wildman–Crippen LogP) is 1.21. The fourth-order valence-corrected chi connectivity index (χ4v) is 3.91. The molecular formula is C16H18F3N5O3S. The summed E-state index contributed by atoms with van der Waals surface area (Å²) in [5, 5.41) is 9.32. The second kappa shape index (κ2) is 6.55. The Morgan fingerprint density at radius 1 is 1.25 bits per heavy atom. The fourth-order valence-electron chi connectivity index (χ4n) is 2.80. The van der Waals surface area contributed by atoms with E-state index < -0.39 is 28.0 Å². The molecule has 1 atom stereocenters. The van der Waals surface area contributed by atoms with E-state index in [1.54, 1.807) is 7.05 Å². The lowest BCUT2D eigenvalue weighted by atomic mass is 10.1. The molecule has 152 valence electrons. The summed E-state index contributed by atoms with van der Waals surface area (Å²) in [6.45, 7) is 2.13. The number of alkyl halides is 3. The van der Waals surface area contributed by atoms with E-state index >= 15 is 0 Å². The van der Waals surface area contributed by atoms with Gasteiger partial charge in [-0.3, -0.25) is 13.9 Å². The summed E-state index contributed by atoms with van der Waals surface area (Å²) in [6.07, 6.45) is -3.32. The number of thiazole rings is 1. The summed E-state index contributed by atoms with van der Waals surface area (Å²) in [4.78, 5) is 33.5. The largest absolute Gasteiger partial charge is 0.423 e. The molecule has 8 nitrogen and oxygen atoms in total. The van der Waals surface area contributed by atoms with Crippen molar-refractivity contribution in [2.45, 2.75) is 38.6 Å². The van der Waals surface area contributed by atoms with Gasteiger partial charge >= 0.3 is 11.9 Å². The molecule has 28 heavy (non-hydrogen) atoms. The maximum atomic E-state index is 13.0. The number of aliphatic hydroxyl groups is 1. The van der Waals surface area contributed by atoms with Crippen molar-refractivity contribution in [1.29, 1.82) is 0 Å². The Labute approximate surface area is 160 Å². The Kier molecular flexibility index (Phi) is 4.74. The van der Waals surface area contributed by atoms with Crippen LogP contribution in [0.5, 0.6) is 0 Å². The summed E-state index contributed by atoms with van der Waals surface area (Å²) in [6, 6.07) is 0. The molecule has 3 heterocycles. The number of hydrogen-bond acceptors (Lipinski definition) is 6. The molecule has 0 aliphatic rings. The second-order valence-electron chi connectivity index (χ2n) is 6.67. The van der Waals surface area contributed by atoms with Gasteiger partial charge in [0, 0.05) is 31.9 Å². The van der Waals surface area contributed by atoms with E-state index in [9.17, 15) is 27.9 Å². The highest BCUT2D eigenvalue weighted by atomic mass is 32.1. The van der Waals surface area contributed by atoms with E-state index in [1.165, 1.54) is 29.4 Å². The van der Waals surface area contributed by atoms with Crippen LogP contribution in [0.1, 0.15) is 22.5 Å². The molecule has 0 aliphatic heterocycles. The number of aromatic nitrogens is 5. The first-order chi connectivity index (χ1) is 12.9. The van der Waals surface area contributed by atoms with Crippen molar-refractivity contribution in [3.8, 4) is 0 Å². The number of aryl methyl sites for hydroxylation is 4. The van der Waals surface area contributed by atoms with Crippen molar-refractivity contribution in [1.82, 2.24) is 23.7 Å². The van der Waals surface area contributed by atoms with Crippen LogP contribution in [-0.2, 0) is 32.7 Å². The average molecular weight is 417 g/mol. The number of fused-ring (bicyclic) bond motifs is 1. The quantitative estimate of drug-likeness (QED) is 0.689. The summed E-state index contributed by atoms with van der Waals surface area (Å²) >= 11 is 0.714. The van der Waals surface area contributed by atoms with E-state index in [4.69, 9.17) is 0 Å². The van der Waals surface area contributed by atoms with Crippen molar-refractivity contribution in [2.75, 3.05) is 0 Å². The zero-order valence-corrected chi connectivity index (χ0v) is 16.3. The Balaban J connectivity index is 1.97. The molecule has 0 aliphatic carbocycles. The van der Waals surface area contributed by atoms with Gasteiger partial charge in [-0.15, -0.1) is 11.3 Å². The average Bonchev–Trinajstić information content (AvgIpc) is 3.15. The van der Waals surface area contributed by atoms with E-state index in [1.807, 2.05) is 0 Å². The third-order valence-corrected chi connectivity index (χ3v) is 6.05. The maximum Gasteiger partial charge on any atom is 0.423 e. The maximum absolute atomic E-state index is 13.0. The summed E-state index contributed by atoms with van der Waals surface area (Å²) in [5.74, 6) is 0. The summed E-state index contributed by atoms with van der Waals surface area (Å²) < 4.78 is 42.9. The Morgan fingerprint density at radius 3 is 2.50 bits per heavy atom. The zero-order valence-electron chi connectivity index (χ0n) is 15.5. The number of halogens is 3. The molecule has 0 bridgehead atoms. The van der Waals surface area contributed by atoms with Gasteiger partial charge in [0.15, 0.2) is 11.2 Å². The number of rotatable bonds is 4. The first-order valence-electron chi connectivity index (χ1n) is 8.23. The molecule has 0 aromatic carbocycles. The van der Waals surface area contributed by atoms with Gasteiger partial charge < -0.3 is 9.67 Å². The normalized spacial score (nSPS) is 14.6. The first kappa shape index (κ1) is 20.3. The topological polar surface area (TPSA) is 94.9 Å². The molecule has 0 radical (unpaired) electrons. The smallest absolute Gasteiger partial charge is 0.375 e. The molecule has 0 fully saturated rings. The highest BCUT2D eigenvalue weighted by Gasteiger charge is 2.53. The molecule has 0 saturated carbocycles. The molecule has 3 rings (SSSR count). The lowest BCUT2D eigenvalue weighted by molar-refractivity contribution is -0.258. The molecule has 0 spiro atoms. The van der Waals surface area contributed by atoms with Crippen LogP contribution in [0.2, 0.25) is 0 Å². The molecule has 0 saturated heterocycles. The minimum Gasteiger partial charge on any atom is -0.375 e. The van der Waals surface area contributed by atoms with Crippen molar-refractivity contribution in [2.24, 2.45) is 14.1 Å². The van der Waals surface area contributed by atoms with Crippen molar-refractivity contribution >= 4 is 22.5 Å². The second-order valence-corrected chi connectivity index (χ2v) is 7.76. The minimum absolute atomic E-state index is 0.0384. The SMILES string of the molecule is Cc1nc(C(C)(O)C(F)(F)F)sc1CCn1c(=O)c2c(ncn2C)n(C)c1=O. The molecule has 1 unspecified atom stereocenters. The monoisotopic (exact) mass is 417 g/mol. The van der Waals surface area contributed by atoms with Crippen LogP contribution in [0.25, 0.3) is 11.2 Å². The molecule has 0 amide bonds. The van der Waals surface area contributed by atoms with E-state index in [2.05, 4.69) is 9.97 Å². The number of nitrogens with zero attached hydrogens (tertiary/aromatic N) is 5. The first-order valence-corrected chi connectivity index (χ1v) is 9.04. The standard InChI is InChI=1S/C16H18F3N5O3S/c1-8-9(28-13(21-8)15(2,27)16(17,18)19)5-6-24-12(25)10-11(20-7-22(10)3)23(4)14(24)26/h7,27H,5-6H2,1-4H3. The molecule has 3 aromatic rings. The van der Waals surface area contributed by atoms with Crippen LogP contribution in [-0.4, -0.2) is 35.0 Å². The van der Waals surface area contributed by atoms with Gasteiger partial charge in [0.2, 0.25) is 5.60 Å². The van der Waals surface area contributed by atoms with Gasteiger partial charge in [0.05, 0.1) is 12.0 Å². The summed E-state index contributed by atoms with van der Waals surface area (Å²) in [7, 11) is 3.12. The number of imidazole rings is 1. The highest BCUT2D eigenvalue weighted by Crippen LogP contribution is 2.40. The van der Waals surface area contributed by atoms with Gasteiger partial charge in [-0.1, -0.05) is 0 Å². The van der Waals surface area contributed by atoms with Crippen LogP contribution in [0.3, 0.4) is 0 Å². The van der Waals surface area contributed by atoms with E-state index in [-0.39, 0.29) is 24.1 Å². The van der Waals surface area contributed by atoms with Crippen molar-refractivity contribution in [3.05, 3.63) is 42.7 Å². The van der Waals surface area contributed by atoms with Crippen LogP contribution in [0.4, 0.5) is 13.2 Å². The van der Waals surface area contributed by atoms with Crippen molar-refractivity contribution < 1.29 is 18.3 Å². The molecule has 1 N–H and O–H groups in total. The third-order valence-electron chi connectivity index (χ3n) is 4.62. The predicted molar refractivity (Wildman–Crippen MR) is 96.4 cm³/mol.